The first-order valence-corrected chi connectivity index (χ1v) is 17.8. The van der Waals surface area contributed by atoms with Crippen LogP contribution in [0.25, 0.3) is 10.9 Å². The number of carbonyl (C=O) groups excluding carboxylic acids is 2. The van der Waals surface area contributed by atoms with Crippen molar-refractivity contribution in [2.75, 3.05) is 19.6 Å². The van der Waals surface area contributed by atoms with Crippen LogP contribution in [0.3, 0.4) is 0 Å². The van der Waals surface area contributed by atoms with Crippen LogP contribution in [0.15, 0.2) is 132 Å². The summed E-state index contributed by atoms with van der Waals surface area (Å²) in [6, 6.07) is 34.1. The Kier molecular flexibility index (Phi) is 12.2. The van der Waals surface area contributed by atoms with E-state index in [2.05, 4.69) is 20.9 Å². The molecule has 0 radical (unpaired) electrons. The second kappa shape index (κ2) is 17.6. The van der Waals surface area contributed by atoms with Crippen LogP contribution >= 0.6 is 0 Å². The lowest BCUT2D eigenvalue weighted by Crippen LogP contribution is -2.36. The molecule has 5 aromatic carbocycles. The Morgan fingerprint density at radius 2 is 1.36 bits per heavy atom. The smallest absolute Gasteiger partial charge is 0.345 e. The molecular weight excluding hydrogens is 716 g/mol. The number of phenols is 1. The molecule has 0 saturated carbocycles. The quantitative estimate of drug-likeness (QED) is 0.0663. The van der Waals surface area contributed by atoms with Crippen LogP contribution < -0.4 is 26.2 Å². The van der Waals surface area contributed by atoms with Crippen LogP contribution in [0.4, 0.5) is 0 Å². The predicted octanol–water partition coefficient (Wildman–Crippen LogP) is 4.12. The van der Waals surface area contributed by atoms with Gasteiger partial charge in [0.15, 0.2) is 0 Å². The molecule has 286 valence electrons. The molecular formula is C43H40N4O9. The number of carboxylic acid groups (broad SMARTS) is 1. The number of rotatable bonds is 16. The highest BCUT2D eigenvalue weighted by Crippen LogP contribution is 2.32. The monoisotopic (exact) mass is 756 g/mol. The SMILES string of the molecule is O=C(NCCNC(=O)c1ccc(COc2cccc([C@](O)(C(=O)O)c3ccccc3)c2)cc1)c1ccc(CNC[C@H](O)c2ccc(O)c3[nH]c(=O)ccc23)cc1. The molecule has 6 aromatic rings. The molecule has 1 heterocycles. The highest BCUT2D eigenvalue weighted by atomic mass is 16.5. The molecule has 1 aromatic heterocycles. The lowest BCUT2D eigenvalue weighted by atomic mass is 9.86. The second-order valence-electron chi connectivity index (χ2n) is 13.0. The average molecular weight is 757 g/mol. The summed E-state index contributed by atoms with van der Waals surface area (Å²) in [6.45, 7) is 1.18. The van der Waals surface area contributed by atoms with Gasteiger partial charge in [-0.05, 0) is 70.8 Å². The van der Waals surface area contributed by atoms with E-state index in [9.17, 15) is 39.6 Å². The summed E-state index contributed by atoms with van der Waals surface area (Å²) in [4.78, 5) is 51.8. The summed E-state index contributed by atoms with van der Waals surface area (Å²) in [6.07, 6.45) is -0.900. The van der Waals surface area contributed by atoms with Crippen molar-refractivity contribution in [3.8, 4) is 11.5 Å². The van der Waals surface area contributed by atoms with E-state index in [0.717, 1.165) is 11.1 Å². The summed E-state index contributed by atoms with van der Waals surface area (Å²) in [5.41, 5.74) is 1.10. The van der Waals surface area contributed by atoms with Crippen LogP contribution in [0.5, 0.6) is 11.5 Å². The molecule has 56 heavy (non-hydrogen) atoms. The first-order valence-electron chi connectivity index (χ1n) is 17.8. The Balaban J connectivity index is 0.915. The maximum absolute atomic E-state index is 12.7. The van der Waals surface area contributed by atoms with Crippen LogP contribution in [0.1, 0.15) is 54.6 Å². The van der Waals surface area contributed by atoms with Crippen LogP contribution in [-0.4, -0.2) is 62.8 Å². The molecule has 6 rings (SSSR count). The van der Waals surface area contributed by atoms with Gasteiger partial charge in [-0.2, -0.15) is 0 Å². The number of carbonyl (C=O) groups is 3. The number of pyridine rings is 1. The van der Waals surface area contributed by atoms with Crippen molar-refractivity contribution >= 4 is 28.7 Å². The van der Waals surface area contributed by atoms with Gasteiger partial charge in [-0.25, -0.2) is 4.79 Å². The minimum absolute atomic E-state index is 0.0789. The molecule has 0 aliphatic rings. The fourth-order valence-electron chi connectivity index (χ4n) is 6.17. The molecule has 0 aliphatic carbocycles. The molecule has 0 fully saturated rings. The van der Waals surface area contributed by atoms with Gasteiger partial charge in [-0.3, -0.25) is 14.4 Å². The van der Waals surface area contributed by atoms with Gasteiger partial charge in [-0.15, -0.1) is 0 Å². The van der Waals surface area contributed by atoms with Gasteiger partial charge in [0.1, 0.15) is 18.1 Å². The summed E-state index contributed by atoms with van der Waals surface area (Å²) in [5.74, 6) is -1.74. The normalized spacial score (nSPS) is 12.7. The van der Waals surface area contributed by atoms with Crippen molar-refractivity contribution in [2.45, 2.75) is 24.9 Å². The van der Waals surface area contributed by atoms with E-state index in [4.69, 9.17) is 4.74 Å². The predicted molar refractivity (Wildman–Crippen MR) is 208 cm³/mol. The van der Waals surface area contributed by atoms with Gasteiger partial charge in [0.2, 0.25) is 11.2 Å². The number of hydrogen-bond donors (Lipinski definition) is 8. The largest absolute Gasteiger partial charge is 0.506 e. The number of carboxylic acids is 1. The van der Waals surface area contributed by atoms with Gasteiger partial charge in [0.05, 0.1) is 11.6 Å². The summed E-state index contributed by atoms with van der Waals surface area (Å²) < 4.78 is 5.88. The van der Waals surface area contributed by atoms with E-state index in [0.29, 0.717) is 34.4 Å². The standard InChI is InChI=1S/C43H40N4O9/c48-36-19-17-34(35-18-20-38(50)47-39(35)36)37(49)25-44-24-27-9-13-29(14-10-27)40(51)45-21-22-46-41(52)30-15-11-28(12-16-30)26-56-33-8-4-7-32(23-33)43(55,42(53)54)31-5-2-1-3-6-31/h1-20,23,37,44,48-49,55H,21-22,24-26H2,(H,45,51)(H,46,52)(H,47,50)(H,53,54)/t37-,43-/m0/s1. The number of phenolic OH excluding ortho intramolecular Hbond substituents is 1. The first kappa shape index (κ1) is 38.9. The van der Waals surface area contributed by atoms with E-state index < -0.39 is 17.7 Å². The number of nitrogens with one attached hydrogen (secondary N) is 4. The Labute approximate surface area is 321 Å². The number of H-pyrrole nitrogens is 1. The van der Waals surface area contributed by atoms with E-state index in [1.165, 1.54) is 24.3 Å². The lowest BCUT2D eigenvalue weighted by Gasteiger charge is -2.25. The summed E-state index contributed by atoms with van der Waals surface area (Å²) in [7, 11) is 0. The number of aromatic hydroxyl groups is 1. The third kappa shape index (κ3) is 9.10. The van der Waals surface area contributed by atoms with Gasteiger partial charge in [0, 0.05) is 54.3 Å². The van der Waals surface area contributed by atoms with Crippen molar-refractivity contribution in [1.29, 1.82) is 0 Å². The number of aromatic nitrogens is 1. The zero-order valence-electron chi connectivity index (χ0n) is 30.1. The highest BCUT2D eigenvalue weighted by molar-refractivity contribution is 5.95. The van der Waals surface area contributed by atoms with Crippen molar-refractivity contribution in [3.05, 3.63) is 177 Å². The Hall–Kier alpha value is -6.80. The van der Waals surface area contributed by atoms with E-state index in [1.807, 2.05) is 0 Å². The van der Waals surface area contributed by atoms with E-state index in [-0.39, 0.29) is 66.0 Å². The third-order valence-electron chi connectivity index (χ3n) is 9.22. The third-order valence-corrected chi connectivity index (χ3v) is 9.22. The molecule has 13 nitrogen and oxygen atoms in total. The maximum Gasteiger partial charge on any atom is 0.345 e. The molecule has 2 amide bonds. The number of aliphatic hydroxyl groups excluding tert-OH is 1. The lowest BCUT2D eigenvalue weighted by molar-refractivity contribution is -0.155. The summed E-state index contributed by atoms with van der Waals surface area (Å²) >= 11 is 0. The Morgan fingerprint density at radius 3 is 2.00 bits per heavy atom. The minimum atomic E-state index is -2.25. The van der Waals surface area contributed by atoms with E-state index >= 15 is 0 Å². The molecule has 8 N–H and O–H groups in total. The Morgan fingerprint density at radius 1 is 0.732 bits per heavy atom. The van der Waals surface area contributed by atoms with Crippen molar-refractivity contribution in [1.82, 2.24) is 20.9 Å². The number of hydrogen-bond acceptors (Lipinski definition) is 9. The van der Waals surface area contributed by atoms with Gasteiger partial charge in [-0.1, -0.05) is 72.8 Å². The van der Waals surface area contributed by atoms with Gasteiger partial charge < -0.3 is 46.1 Å². The molecule has 0 unspecified atom stereocenters. The zero-order chi connectivity index (χ0) is 39.7. The van der Waals surface area contributed by atoms with Crippen LogP contribution in [0.2, 0.25) is 0 Å². The number of aliphatic carboxylic acids is 1. The number of fused-ring (bicyclic) bond motifs is 1. The van der Waals surface area contributed by atoms with Crippen molar-refractivity contribution < 1.29 is 39.5 Å². The molecule has 0 bridgehead atoms. The zero-order valence-corrected chi connectivity index (χ0v) is 30.1. The second-order valence-corrected chi connectivity index (χ2v) is 13.0. The van der Waals surface area contributed by atoms with Gasteiger partial charge in [0.25, 0.3) is 11.8 Å². The van der Waals surface area contributed by atoms with Crippen molar-refractivity contribution in [3.63, 3.8) is 0 Å². The number of aliphatic hydroxyl groups is 2. The molecule has 0 spiro atoms. The van der Waals surface area contributed by atoms with Gasteiger partial charge >= 0.3 is 5.97 Å². The summed E-state index contributed by atoms with van der Waals surface area (Å²) in [5, 5.41) is 51.2. The fraction of sp³-hybridized carbons (Fsp3) is 0.163. The fourth-order valence-corrected chi connectivity index (χ4v) is 6.17. The number of benzene rings is 5. The number of ether oxygens (including phenoxy) is 1. The maximum atomic E-state index is 12.7. The van der Waals surface area contributed by atoms with Crippen LogP contribution in [0, 0.1) is 0 Å². The number of aromatic amines is 1. The minimum Gasteiger partial charge on any atom is -0.506 e. The first-order chi connectivity index (χ1) is 27.0. The van der Waals surface area contributed by atoms with E-state index in [1.54, 1.807) is 103 Å². The van der Waals surface area contributed by atoms with Crippen molar-refractivity contribution in [2.24, 2.45) is 0 Å². The highest BCUT2D eigenvalue weighted by Gasteiger charge is 2.40. The topological polar surface area (TPSA) is 210 Å². The Bertz CT molecular complexity index is 2380. The number of amides is 2. The molecule has 0 aliphatic heterocycles. The van der Waals surface area contributed by atoms with Crippen LogP contribution in [-0.2, 0) is 23.5 Å². The molecule has 2 atom stereocenters. The molecule has 0 saturated heterocycles. The molecule has 13 heteroatoms. The average Bonchev–Trinajstić information content (AvgIpc) is 3.22.